The first-order valence-corrected chi connectivity index (χ1v) is 8.15. The van der Waals surface area contributed by atoms with Crippen molar-refractivity contribution in [3.8, 4) is 0 Å². The minimum atomic E-state index is -0.143. The third kappa shape index (κ3) is 3.27. The third-order valence-corrected chi connectivity index (χ3v) is 4.76. The van der Waals surface area contributed by atoms with Crippen LogP contribution >= 0.6 is 35.1 Å². The number of thioether (sulfide) groups is 2. The van der Waals surface area contributed by atoms with Gasteiger partial charge in [-0.1, -0.05) is 23.4 Å². The van der Waals surface area contributed by atoms with E-state index in [0.717, 1.165) is 34.7 Å². The van der Waals surface area contributed by atoms with Gasteiger partial charge in [0.1, 0.15) is 0 Å². The molecule has 0 saturated carbocycles. The fourth-order valence-electron chi connectivity index (χ4n) is 1.64. The summed E-state index contributed by atoms with van der Waals surface area (Å²) in [6.07, 6.45) is 0. The highest BCUT2D eigenvalue weighted by molar-refractivity contribution is 7.99. The van der Waals surface area contributed by atoms with Gasteiger partial charge in [0.25, 0.3) is 0 Å². The van der Waals surface area contributed by atoms with Crippen LogP contribution in [0.4, 0.5) is 4.79 Å². The predicted octanol–water partition coefficient (Wildman–Crippen LogP) is 1.80. The van der Waals surface area contributed by atoms with E-state index in [-0.39, 0.29) is 6.03 Å². The fraction of sp³-hybridized carbons (Fsp3) is 0.600. The number of carbonyl (C=O) groups is 1. The maximum atomic E-state index is 10.9. The molecule has 2 heterocycles. The van der Waals surface area contributed by atoms with E-state index in [4.69, 9.17) is 11.6 Å². The number of nitrogens with one attached hydrogen (secondary N) is 2. The molecule has 0 atom stereocenters. The van der Waals surface area contributed by atoms with Crippen molar-refractivity contribution in [3.63, 3.8) is 0 Å². The standard InChI is InChI=1S/C10H15ClN4OS2/c1-12-9(16)13-2-4-17-6-7-8(11)14-10-15(7)3-5-18-10/h2-6H2,1H3,(H2,12,13,16). The first-order valence-electron chi connectivity index (χ1n) is 5.63. The molecule has 5 nitrogen and oxygen atoms in total. The first kappa shape index (κ1) is 13.9. The average molecular weight is 307 g/mol. The summed E-state index contributed by atoms with van der Waals surface area (Å²) in [5.41, 5.74) is 1.10. The Morgan fingerprint density at radius 2 is 2.50 bits per heavy atom. The highest BCUT2D eigenvalue weighted by Crippen LogP contribution is 2.32. The van der Waals surface area contributed by atoms with E-state index in [9.17, 15) is 4.79 Å². The van der Waals surface area contributed by atoms with Crippen molar-refractivity contribution in [1.82, 2.24) is 20.2 Å². The van der Waals surface area contributed by atoms with E-state index in [2.05, 4.69) is 20.2 Å². The number of halogens is 1. The molecular formula is C10H15ClN4OS2. The summed E-state index contributed by atoms with van der Waals surface area (Å²) in [5, 5.41) is 6.91. The number of urea groups is 1. The molecule has 100 valence electrons. The molecule has 0 saturated heterocycles. The highest BCUT2D eigenvalue weighted by Gasteiger charge is 2.20. The van der Waals surface area contributed by atoms with Crippen LogP contribution in [-0.2, 0) is 12.3 Å². The maximum Gasteiger partial charge on any atom is 0.314 e. The third-order valence-electron chi connectivity index (χ3n) is 2.53. The second kappa shape index (κ2) is 6.58. The van der Waals surface area contributed by atoms with Gasteiger partial charge in [-0.3, -0.25) is 0 Å². The molecule has 0 radical (unpaired) electrons. The van der Waals surface area contributed by atoms with Gasteiger partial charge in [0, 0.05) is 37.4 Å². The van der Waals surface area contributed by atoms with Crippen LogP contribution in [0.5, 0.6) is 0 Å². The Labute approximate surface area is 119 Å². The van der Waals surface area contributed by atoms with Crippen LogP contribution in [0.25, 0.3) is 0 Å². The zero-order valence-corrected chi connectivity index (χ0v) is 12.4. The summed E-state index contributed by atoms with van der Waals surface area (Å²) < 4.78 is 2.19. The maximum absolute atomic E-state index is 10.9. The predicted molar refractivity (Wildman–Crippen MR) is 76.6 cm³/mol. The zero-order chi connectivity index (χ0) is 13.0. The summed E-state index contributed by atoms with van der Waals surface area (Å²) in [6, 6.07) is -0.143. The summed E-state index contributed by atoms with van der Waals surface area (Å²) in [5.74, 6) is 2.77. The smallest absolute Gasteiger partial charge is 0.314 e. The van der Waals surface area contributed by atoms with Crippen LogP contribution in [0.15, 0.2) is 5.16 Å². The fourth-order valence-corrected chi connectivity index (χ4v) is 3.86. The first-order chi connectivity index (χ1) is 8.72. The molecule has 1 aromatic rings. The summed E-state index contributed by atoms with van der Waals surface area (Å²) >= 11 is 9.60. The topological polar surface area (TPSA) is 59.0 Å². The van der Waals surface area contributed by atoms with Crippen molar-refractivity contribution in [2.24, 2.45) is 0 Å². The molecule has 1 aliphatic rings. The number of amides is 2. The van der Waals surface area contributed by atoms with E-state index in [1.807, 2.05) is 0 Å². The highest BCUT2D eigenvalue weighted by atomic mass is 35.5. The average Bonchev–Trinajstić information content (AvgIpc) is 2.90. The molecule has 0 bridgehead atoms. The van der Waals surface area contributed by atoms with Crippen molar-refractivity contribution in [1.29, 1.82) is 0 Å². The van der Waals surface area contributed by atoms with Gasteiger partial charge in [0.05, 0.1) is 5.69 Å². The molecule has 8 heteroatoms. The number of rotatable bonds is 5. The van der Waals surface area contributed by atoms with Gasteiger partial charge in [-0.15, -0.1) is 0 Å². The Morgan fingerprint density at radius 3 is 3.28 bits per heavy atom. The lowest BCUT2D eigenvalue weighted by molar-refractivity contribution is 0.243. The van der Waals surface area contributed by atoms with Crippen molar-refractivity contribution in [3.05, 3.63) is 10.8 Å². The molecule has 2 amide bonds. The molecule has 1 aliphatic heterocycles. The Bertz CT molecular complexity index is 438. The SMILES string of the molecule is CNC(=O)NCCSCc1c(Cl)nc2n1CCS2. The molecular weight excluding hydrogens is 292 g/mol. The Balaban J connectivity index is 1.75. The van der Waals surface area contributed by atoms with Crippen molar-refractivity contribution in [2.45, 2.75) is 17.5 Å². The summed E-state index contributed by atoms with van der Waals surface area (Å²) in [4.78, 5) is 15.3. The summed E-state index contributed by atoms with van der Waals surface area (Å²) in [6.45, 7) is 1.64. The van der Waals surface area contributed by atoms with Gasteiger partial charge in [0.2, 0.25) is 0 Å². The van der Waals surface area contributed by atoms with Crippen LogP contribution in [-0.4, -0.2) is 40.7 Å². The number of carbonyl (C=O) groups excluding carboxylic acids is 1. The Morgan fingerprint density at radius 1 is 1.67 bits per heavy atom. The molecule has 2 rings (SSSR count). The van der Waals surface area contributed by atoms with Gasteiger partial charge >= 0.3 is 6.03 Å². The van der Waals surface area contributed by atoms with E-state index in [1.54, 1.807) is 30.6 Å². The number of nitrogens with zero attached hydrogens (tertiary/aromatic N) is 2. The van der Waals surface area contributed by atoms with E-state index in [1.165, 1.54) is 0 Å². The molecule has 18 heavy (non-hydrogen) atoms. The number of hydrogen-bond donors (Lipinski definition) is 2. The van der Waals surface area contributed by atoms with Crippen LogP contribution in [0.1, 0.15) is 5.69 Å². The monoisotopic (exact) mass is 306 g/mol. The lowest BCUT2D eigenvalue weighted by Gasteiger charge is -2.06. The summed E-state index contributed by atoms with van der Waals surface area (Å²) in [7, 11) is 1.61. The Hall–Kier alpha value is -0.530. The van der Waals surface area contributed by atoms with E-state index in [0.29, 0.717) is 11.7 Å². The van der Waals surface area contributed by atoms with Crippen LogP contribution in [0.2, 0.25) is 5.15 Å². The minimum absolute atomic E-state index is 0.143. The largest absolute Gasteiger partial charge is 0.341 e. The molecule has 2 N–H and O–H groups in total. The lowest BCUT2D eigenvalue weighted by atomic mass is 10.5. The van der Waals surface area contributed by atoms with Crippen molar-refractivity contribution in [2.75, 3.05) is 25.1 Å². The van der Waals surface area contributed by atoms with Gasteiger partial charge in [-0.25, -0.2) is 9.78 Å². The Kier molecular flexibility index (Phi) is 5.08. The van der Waals surface area contributed by atoms with Gasteiger partial charge < -0.3 is 15.2 Å². The van der Waals surface area contributed by atoms with Crippen molar-refractivity contribution >= 4 is 41.2 Å². The number of aromatic nitrogens is 2. The quantitative estimate of drug-likeness (QED) is 0.815. The normalized spacial score (nSPS) is 13.4. The van der Waals surface area contributed by atoms with Crippen molar-refractivity contribution < 1.29 is 4.79 Å². The number of hydrogen-bond acceptors (Lipinski definition) is 4. The molecule has 0 spiro atoms. The van der Waals surface area contributed by atoms with Crippen LogP contribution in [0.3, 0.4) is 0 Å². The van der Waals surface area contributed by atoms with Crippen LogP contribution in [0, 0.1) is 0 Å². The van der Waals surface area contributed by atoms with Gasteiger partial charge in [-0.05, 0) is 0 Å². The molecule has 0 fully saturated rings. The van der Waals surface area contributed by atoms with Crippen LogP contribution < -0.4 is 10.6 Å². The van der Waals surface area contributed by atoms with E-state index >= 15 is 0 Å². The molecule has 0 aromatic carbocycles. The van der Waals surface area contributed by atoms with E-state index < -0.39 is 0 Å². The molecule has 1 aromatic heterocycles. The number of imidazole rings is 1. The second-order valence-electron chi connectivity index (χ2n) is 3.69. The minimum Gasteiger partial charge on any atom is -0.341 e. The molecule has 0 unspecified atom stereocenters. The zero-order valence-electron chi connectivity index (χ0n) is 10.0. The van der Waals surface area contributed by atoms with Gasteiger partial charge in [-0.2, -0.15) is 11.8 Å². The molecule has 0 aliphatic carbocycles. The lowest BCUT2D eigenvalue weighted by Crippen LogP contribution is -2.34. The number of fused-ring (bicyclic) bond motifs is 1. The second-order valence-corrected chi connectivity index (χ2v) is 6.22. The van der Waals surface area contributed by atoms with Gasteiger partial charge in [0.15, 0.2) is 10.3 Å².